The molecule has 5 rings (SSSR count). The Morgan fingerprint density at radius 1 is 1.18 bits per heavy atom. The average molecular weight is 596 g/mol. The molecule has 14 heteroatoms. The fourth-order valence-electron chi connectivity index (χ4n) is 6.19. The first-order valence-electron chi connectivity index (χ1n) is 13.0. The van der Waals surface area contributed by atoms with Crippen molar-refractivity contribution >= 4 is 31.8 Å². The number of sulfonamides is 2. The van der Waals surface area contributed by atoms with E-state index in [-0.39, 0.29) is 36.6 Å². The van der Waals surface area contributed by atoms with Crippen molar-refractivity contribution in [2.24, 2.45) is 10.7 Å². The molecular weight excluding hydrogens is 564 g/mol. The maximum atomic E-state index is 15.6. The summed E-state index contributed by atoms with van der Waals surface area (Å²) in [5, 5.41) is -0.586. The molecule has 0 bridgehead atoms. The quantitative estimate of drug-likeness (QED) is 0.505. The predicted molar refractivity (Wildman–Crippen MR) is 144 cm³/mol. The van der Waals surface area contributed by atoms with Gasteiger partial charge >= 0.3 is 0 Å². The Bertz CT molecular complexity index is 1590. The maximum Gasteiger partial charge on any atom is 0.247 e. The third kappa shape index (κ3) is 4.31. The van der Waals surface area contributed by atoms with E-state index in [1.165, 1.54) is 36.5 Å². The molecule has 3 aliphatic rings. The number of ketones is 1. The Balaban J connectivity index is 1.58. The van der Waals surface area contributed by atoms with Crippen LogP contribution in [0.3, 0.4) is 0 Å². The number of hydrogen-bond donors (Lipinski definition) is 1. The lowest BCUT2D eigenvalue weighted by Gasteiger charge is -2.48. The fourth-order valence-corrected chi connectivity index (χ4v) is 10.5. The van der Waals surface area contributed by atoms with Crippen LogP contribution in [0.5, 0.6) is 0 Å². The zero-order valence-corrected chi connectivity index (χ0v) is 23.8. The minimum absolute atomic E-state index is 0.0163. The number of aliphatic imine (C=N–C) groups is 1. The van der Waals surface area contributed by atoms with E-state index in [4.69, 9.17) is 5.73 Å². The van der Waals surface area contributed by atoms with Crippen LogP contribution in [0, 0.1) is 11.6 Å². The molecule has 1 spiro atoms. The van der Waals surface area contributed by atoms with Gasteiger partial charge in [0.15, 0.2) is 5.78 Å². The number of carbonyl (C=O) groups is 1. The van der Waals surface area contributed by atoms with E-state index in [9.17, 15) is 26.0 Å². The van der Waals surface area contributed by atoms with Crippen molar-refractivity contribution in [1.29, 1.82) is 0 Å². The molecule has 2 aromatic rings. The third-order valence-corrected chi connectivity index (χ3v) is 13.6. The minimum Gasteiger partial charge on any atom is -0.369 e. The third-order valence-electron chi connectivity index (χ3n) is 8.62. The SMILES string of the molecule is CN1C(N)=N[C@](C)(c2cc(CC(=O)c3ccc(F)cn3)ccc2F)[C@@]2(CCN(S(=O)(=O)C3CCCC3)C2)S1(=O)=O. The lowest BCUT2D eigenvalue weighted by Crippen LogP contribution is -2.66. The van der Waals surface area contributed by atoms with Crippen LogP contribution in [0.2, 0.25) is 0 Å². The topological polar surface area (TPSA) is 143 Å². The van der Waals surface area contributed by atoms with Gasteiger partial charge in [0, 0.05) is 32.1 Å². The number of nitrogens with two attached hydrogens (primary N) is 1. The number of aromatic nitrogens is 1. The summed E-state index contributed by atoms with van der Waals surface area (Å²) >= 11 is 0. The second-order valence-electron chi connectivity index (χ2n) is 10.8. The normalized spacial score (nSPS) is 27.3. The molecule has 2 fully saturated rings. The first kappa shape index (κ1) is 28.6. The van der Waals surface area contributed by atoms with Crippen LogP contribution in [0.4, 0.5) is 8.78 Å². The Kier molecular flexibility index (Phi) is 7.02. The first-order valence-corrected chi connectivity index (χ1v) is 15.9. The molecular formula is C26H31F2N5O5S2. The largest absolute Gasteiger partial charge is 0.369 e. The molecule has 2 N–H and O–H groups in total. The maximum absolute atomic E-state index is 15.6. The van der Waals surface area contributed by atoms with Gasteiger partial charge in [0.25, 0.3) is 0 Å². The molecule has 2 atom stereocenters. The van der Waals surface area contributed by atoms with Crippen LogP contribution in [0.25, 0.3) is 0 Å². The standard InChI is InChI=1S/C26H31F2N5O5S2/c1-25(20-13-17(7-9-21(20)28)14-23(34)22-10-8-18(27)15-30-22)26(40(37,38)32(2)24(29)31-25)11-12-33(16-26)39(35,36)19-5-3-4-6-19/h7-10,13,15,19H,3-6,11-12,14,16H2,1-2H3,(H2,29,31)/t25-,26+/m1/s1. The number of benzene rings is 1. The van der Waals surface area contributed by atoms with E-state index in [0.29, 0.717) is 18.4 Å². The van der Waals surface area contributed by atoms with Gasteiger partial charge in [0.05, 0.1) is 11.4 Å². The first-order chi connectivity index (χ1) is 18.7. The Hall–Kier alpha value is -2.97. The molecule has 3 heterocycles. The molecule has 0 radical (unpaired) electrons. The predicted octanol–water partition coefficient (Wildman–Crippen LogP) is 2.31. The van der Waals surface area contributed by atoms with E-state index in [1.54, 1.807) is 0 Å². The summed E-state index contributed by atoms with van der Waals surface area (Å²) < 4.78 is 84.1. The number of halogens is 2. The van der Waals surface area contributed by atoms with Crippen LogP contribution < -0.4 is 5.73 Å². The van der Waals surface area contributed by atoms with Crippen molar-refractivity contribution in [2.75, 3.05) is 20.1 Å². The molecule has 216 valence electrons. The van der Waals surface area contributed by atoms with Crippen LogP contribution in [-0.4, -0.2) is 72.3 Å². The second kappa shape index (κ2) is 9.84. The number of guanidine groups is 1. The molecule has 10 nitrogen and oxygen atoms in total. The summed E-state index contributed by atoms with van der Waals surface area (Å²) in [4.78, 5) is 21.1. The van der Waals surface area contributed by atoms with Crippen molar-refractivity contribution < 1.29 is 30.4 Å². The Labute approximate surface area is 232 Å². The summed E-state index contributed by atoms with van der Waals surface area (Å²) in [5.74, 6) is -2.18. The zero-order valence-electron chi connectivity index (χ0n) is 22.2. The van der Waals surface area contributed by atoms with Crippen molar-refractivity contribution in [1.82, 2.24) is 13.6 Å². The number of nitrogens with zero attached hydrogens (tertiary/aromatic N) is 4. The number of carbonyl (C=O) groups excluding carboxylic acids is 1. The van der Waals surface area contributed by atoms with Gasteiger partial charge in [-0.2, -0.15) is 4.31 Å². The van der Waals surface area contributed by atoms with E-state index < -0.39 is 59.5 Å². The Morgan fingerprint density at radius 2 is 1.88 bits per heavy atom. The molecule has 1 aromatic heterocycles. The van der Waals surface area contributed by atoms with E-state index >= 15 is 4.39 Å². The van der Waals surface area contributed by atoms with Crippen molar-refractivity contribution in [3.8, 4) is 0 Å². The summed E-state index contributed by atoms with van der Waals surface area (Å²) in [6, 6.07) is 6.22. The number of pyridine rings is 1. The highest BCUT2D eigenvalue weighted by molar-refractivity contribution is 7.91. The van der Waals surface area contributed by atoms with Gasteiger partial charge in [-0.3, -0.25) is 9.78 Å². The Morgan fingerprint density at radius 3 is 2.52 bits per heavy atom. The number of hydrogen-bond acceptors (Lipinski definition) is 8. The van der Waals surface area contributed by atoms with Crippen LogP contribution in [-0.2, 0) is 32.0 Å². The van der Waals surface area contributed by atoms with Crippen LogP contribution >= 0.6 is 0 Å². The van der Waals surface area contributed by atoms with Gasteiger partial charge in [0.1, 0.15) is 27.6 Å². The second-order valence-corrected chi connectivity index (χ2v) is 15.3. The monoisotopic (exact) mass is 595 g/mol. The minimum atomic E-state index is -4.33. The summed E-state index contributed by atoms with van der Waals surface area (Å²) in [6.45, 7) is 0.975. The molecule has 1 aromatic carbocycles. The van der Waals surface area contributed by atoms with Gasteiger partial charge in [0.2, 0.25) is 26.0 Å². The summed E-state index contributed by atoms with van der Waals surface area (Å²) in [7, 11) is -6.89. The zero-order chi connectivity index (χ0) is 29.1. The lowest BCUT2D eigenvalue weighted by molar-refractivity contribution is 0.0988. The van der Waals surface area contributed by atoms with Crippen molar-refractivity contribution in [3.63, 3.8) is 0 Å². The molecule has 40 heavy (non-hydrogen) atoms. The number of Topliss-reactive ketones (excluding diaryl/α,β-unsaturated/α-hetero) is 1. The van der Waals surface area contributed by atoms with Gasteiger partial charge in [-0.15, -0.1) is 0 Å². The fraction of sp³-hybridized carbons (Fsp3) is 0.500. The summed E-state index contributed by atoms with van der Waals surface area (Å²) in [6.07, 6.45) is 3.16. The highest BCUT2D eigenvalue weighted by atomic mass is 32.2. The molecule has 1 saturated heterocycles. The van der Waals surface area contributed by atoms with Gasteiger partial charge < -0.3 is 5.73 Å². The molecule has 2 aliphatic heterocycles. The van der Waals surface area contributed by atoms with E-state index in [2.05, 4.69) is 9.98 Å². The van der Waals surface area contributed by atoms with Crippen molar-refractivity contribution in [2.45, 2.75) is 61.0 Å². The van der Waals surface area contributed by atoms with Gasteiger partial charge in [-0.1, -0.05) is 18.9 Å². The lowest BCUT2D eigenvalue weighted by atomic mass is 9.77. The average Bonchev–Trinajstić information content (AvgIpc) is 3.61. The molecule has 1 aliphatic carbocycles. The molecule has 0 unspecified atom stereocenters. The smallest absolute Gasteiger partial charge is 0.247 e. The number of rotatable bonds is 6. The van der Waals surface area contributed by atoms with E-state index in [0.717, 1.165) is 35.5 Å². The van der Waals surface area contributed by atoms with Crippen LogP contribution in [0.15, 0.2) is 41.5 Å². The van der Waals surface area contributed by atoms with E-state index in [1.807, 2.05) is 0 Å². The molecule has 1 saturated carbocycles. The highest BCUT2D eigenvalue weighted by Crippen LogP contribution is 2.52. The van der Waals surface area contributed by atoms with Gasteiger partial charge in [-0.05, 0) is 56.0 Å². The highest BCUT2D eigenvalue weighted by Gasteiger charge is 2.67. The van der Waals surface area contributed by atoms with Crippen molar-refractivity contribution in [3.05, 3.63) is 65.0 Å². The molecule has 0 amide bonds. The van der Waals surface area contributed by atoms with Crippen LogP contribution in [0.1, 0.15) is 60.6 Å². The summed E-state index contributed by atoms with van der Waals surface area (Å²) in [5.41, 5.74) is 4.47. The van der Waals surface area contributed by atoms with Gasteiger partial charge in [-0.25, -0.2) is 34.9 Å².